The topological polar surface area (TPSA) is 57.8 Å². The number of hydrogen-bond acceptors (Lipinski definition) is 3. The number of imidazole rings is 1. The zero-order chi connectivity index (χ0) is 12.4. The maximum absolute atomic E-state index is 12.3. The maximum Gasteiger partial charge on any atom is 0.197 e. The molecule has 18 heavy (non-hydrogen) atoms. The molecule has 1 fully saturated rings. The molecule has 0 saturated carbocycles. The van der Waals surface area contributed by atoms with Gasteiger partial charge >= 0.3 is 0 Å². The number of nitrogens with one attached hydrogen (secondary N) is 2. The van der Waals surface area contributed by atoms with E-state index in [1.54, 1.807) is 0 Å². The number of benzene rings is 1. The Kier molecular flexibility index (Phi) is 3.43. The molecule has 0 bridgehead atoms. The molecule has 0 spiro atoms. The van der Waals surface area contributed by atoms with Gasteiger partial charge in [-0.05, 0) is 44.0 Å². The first-order chi connectivity index (χ1) is 8.83. The van der Waals surface area contributed by atoms with E-state index >= 15 is 0 Å². The highest BCUT2D eigenvalue weighted by molar-refractivity contribution is 7.84. The number of para-hydroxylation sites is 2. The second-order valence-corrected chi connectivity index (χ2v) is 6.19. The third-order valence-electron chi connectivity index (χ3n) is 3.37. The Morgan fingerprint density at radius 3 is 3.06 bits per heavy atom. The van der Waals surface area contributed by atoms with Crippen molar-refractivity contribution in [3.8, 4) is 0 Å². The van der Waals surface area contributed by atoms with E-state index in [2.05, 4.69) is 15.3 Å². The fraction of sp³-hybridized carbons (Fsp3) is 0.462. The highest BCUT2D eigenvalue weighted by Gasteiger charge is 2.18. The molecule has 4 nitrogen and oxygen atoms in total. The van der Waals surface area contributed by atoms with Gasteiger partial charge < -0.3 is 10.3 Å². The zero-order valence-electron chi connectivity index (χ0n) is 10.2. The molecule has 2 aromatic rings. The van der Waals surface area contributed by atoms with E-state index in [9.17, 15) is 4.21 Å². The number of piperidine rings is 1. The lowest BCUT2D eigenvalue weighted by Gasteiger charge is -2.21. The Labute approximate surface area is 109 Å². The highest BCUT2D eigenvalue weighted by Crippen LogP contribution is 2.17. The van der Waals surface area contributed by atoms with Gasteiger partial charge in [0.15, 0.2) is 5.16 Å². The van der Waals surface area contributed by atoms with Crippen molar-refractivity contribution < 1.29 is 4.21 Å². The van der Waals surface area contributed by atoms with Crippen LogP contribution in [0.5, 0.6) is 0 Å². The summed E-state index contributed by atoms with van der Waals surface area (Å²) < 4.78 is 12.3. The van der Waals surface area contributed by atoms with Crippen molar-refractivity contribution in [2.45, 2.75) is 18.0 Å². The van der Waals surface area contributed by atoms with Gasteiger partial charge in [-0.15, -0.1) is 0 Å². The van der Waals surface area contributed by atoms with E-state index in [1.165, 1.54) is 12.8 Å². The number of fused-ring (bicyclic) bond motifs is 1. The molecule has 2 atom stereocenters. The molecule has 1 saturated heterocycles. The van der Waals surface area contributed by atoms with E-state index in [-0.39, 0.29) is 0 Å². The minimum atomic E-state index is -1.02. The van der Waals surface area contributed by atoms with Crippen LogP contribution in [0.3, 0.4) is 0 Å². The zero-order valence-corrected chi connectivity index (χ0v) is 11.0. The van der Waals surface area contributed by atoms with Gasteiger partial charge in [-0.25, -0.2) is 4.98 Å². The summed E-state index contributed by atoms with van der Waals surface area (Å²) in [5, 5.41) is 3.97. The molecule has 96 valence electrons. The van der Waals surface area contributed by atoms with Crippen LogP contribution in [-0.2, 0) is 10.8 Å². The molecular weight excluding hydrogens is 246 g/mol. The molecular formula is C13H17N3OS. The standard InChI is InChI=1S/C13H17N3OS/c17-18(9-10-4-3-7-14-8-10)13-15-11-5-1-2-6-12(11)16-13/h1-2,5-6,10,14H,3-4,7-9H2,(H,15,16). The monoisotopic (exact) mass is 263 g/mol. The van der Waals surface area contributed by atoms with Gasteiger partial charge in [0.1, 0.15) is 0 Å². The number of nitrogens with zero attached hydrogens (tertiary/aromatic N) is 1. The van der Waals surface area contributed by atoms with E-state index in [4.69, 9.17) is 0 Å². The quantitative estimate of drug-likeness (QED) is 0.885. The summed E-state index contributed by atoms with van der Waals surface area (Å²) in [5.41, 5.74) is 1.85. The van der Waals surface area contributed by atoms with Gasteiger partial charge in [-0.2, -0.15) is 0 Å². The van der Waals surface area contributed by atoms with Gasteiger partial charge in [0.25, 0.3) is 0 Å². The van der Waals surface area contributed by atoms with Gasteiger partial charge in [0.2, 0.25) is 0 Å². The maximum atomic E-state index is 12.3. The lowest BCUT2D eigenvalue weighted by Crippen LogP contribution is -2.32. The van der Waals surface area contributed by atoms with Crippen molar-refractivity contribution in [3.05, 3.63) is 24.3 Å². The van der Waals surface area contributed by atoms with Crippen LogP contribution < -0.4 is 5.32 Å². The van der Waals surface area contributed by atoms with Crippen LogP contribution in [0.1, 0.15) is 12.8 Å². The lowest BCUT2D eigenvalue weighted by atomic mass is 10.0. The first-order valence-corrected chi connectivity index (χ1v) is 7.68. The number of rotatable bonds is 3. The summed E-state index contributed by atoms with van der Waals surface area (Å²) in [6.45, 7) is 2.07. The minimum absolute atomic E-state index is 0.507. The molecule has 0 aliphatic carbocycles. The van der Waals surface area contributed by atoms with Crippen molar-refractivity contribution in [1.82, 2.24) is 15.3 Å². The summed E-state index contributed by atoms with van der Waals surface area (Å²) in [4.78, 5) is 7.56. The molecule has 5 heteroatoms. The molecule has 1 aromatic carbocycles. The third-order valence-corrected chi connectivity index (χ3v) is 4.77. The molecule has 2 unspecified atom stereocenters. The first kappa shape index (κ1) is 11.9. The van der Waals surface area contributed by atoms with Crippen LogP contribution in [0.4, 0.5) is 0 Å². The van der Waals surface area contributed by atoms with E-state index in [0.29, 0.717) is 16.8 Å². The lowest BCUT2D eigenvalue weighted by molar-refractivity contribution is 0.407. The average Bonchev–Trinajstić information content (AvgIpc) is 2.84. The SMILES string of the molecule is O=S(CC1CCCNC1)c1nc2ccccc2[nH]1. The Morgan fingerprint density at radius 1 is 1.39 bits per heavy atom. The van der Waals surface area contributed by atoms with Gasteiger partial charge in [-0.3, -0.25) is 4.21 Å². The Bertz CT molecular complexity index is 527. The fourth-order valence-electron chi connectivity index (χ4n) is 2.40. The second kappa shape index (κ2) is 5.20. The van der Waals surface area contributed by atoms with Gasteiger partial charge in [0.05, 0.1) is 21.8 Å². The Hall–Kier alpha value is -1.20. The predicted molar refractivity (Wildman–Crippen MR) is 73.0 cm³/mol. The Morgan fingerprint density at radius 2 is 2.28 bits per heavy atom. The average molecular weight is 263 g/mol. The summed E-state index contributed by atoms with van der Waals surface area (Å²) >= 11 is 0. The summed E-state index contributed by atoms with van der Waals surface area (Å²) in [5.74, 6) is 1.21. The second-order valence-electron chi connectivity index (χ2n) is 4.78. The molecule has 0 amide bonds. The Balaban J connectivity index is 1.74. The van der Waals surface area contributed by atoms with Crippen molar-refractivity contribution in [2.24, 2.45) is 5.92 Å². The number of hydrogen-bond donors (Lipinski definition) is 2. The van der Waals surface area contributed by atoms with Crippen LogP contribution in [0, 0.1) is 5.92 Å². The number of aromatic nitrogens is 2. The number of H-pyrrole nitrogens is 1. The van der Waals surface area contributed by atoms with Crippen LogP contribution >= 0.6 is 0 Å². The molecule has 0 radical (unpaired) electrons. The summed E-state index contributed by atoms with van der Waals surface area (Å²) in [7, 11) is -1.02. The molecule has 2 N–H and O–H groups in total. The van der Waals surface area contributed by atoms with Crippen LogP contribution in [-0.4, -0.2) is 33.0 Å². The van der Waals surface area contributed by atoms with Crippen LogP contribution in [0.2, 0.25) is 0 Å². The van der Waals surface area contributed by atoms with E-state index in [0.717, 1.165) is 24.1 Å². The van der Waals surface area contributed by atoms with Crippen molar-refractivity contribution in [1.29, 1.82) is 0 Å². The van der Waals surface area contributed by atoms with E-state index in [1.807, 2.05) is 24.3 Å². The van der Waals surface area contributed by atoms with Crippen molar-refractivity contribution in [3.63, 3.8) is 0 Å². The molecule has 1 aliphatic heterocycles. The summed E-state index contributed by atoms with van der Waals surface area (Å²) in [6.07, 6.45) is 2.35. The fourth-order valence-corrected chi connectivity index (χ4v) is 3.69. The van der Waals surface area contributed by atoms with E-state index < -0.39 is 10.8 Å². The predicted octanol–water partition coefficient (Wildman–Crippen LogP) is 1.67. The van der Waals surface area contributed by atoms with Gasteiger partial charge in [0, 0.05) is 5.75 Å². The van der Waals surface area contributed by atoms with Crippen LogP contribution in [0.25, 0.3) is 11.0 Å². The van der Waals surface area contributed by atoms with Crippen molar-refractivity contribution >= 4 is 21.8 Å². The first-order valence-electron chi connectivity index (χ1n) is 6.37. The van der Waals surface area contributed by atoms with Crippen LogP contribution in [0.15, 0.2) is 29.4 Å². The smallest absolute Gasteiger partial charge is 0.197 e. The van der Waals surface area contributed by atoms with Gasteiger partial charge in [-0.1, -0.05) is 12.1 Å². The largest absolute Gasteiger partial charge is 0.331 e. The molecule has 1 aliphatic rings. The molecule has 3 rings (SSSR count). The minimum Gasteiger partial charge on any atom is -0.331 e. The normalized spacial score (nSPS) is 22.1. The number of aromatic amines is 1. The highest BCUT2D eigenvalue weighted by atomic mass is 32.2. The van der Waals surface area contributed by atoms with Crippen molar-refractivity contribution in [2.75, 3.05) is 18.8 Å². The third kappa shape index (κ3) is 2.47. The molecule has 2 heterocycles. The summed E-state index contributed by atoms with van der Waals surface area (Å²) in [6, 6.07) is 7.80. The molecule has 1 aromatic heterocycles.